The molecule has 148 valence electrons. The fourth-order valence-electron chi connectivity index (χ4n) is 3.52. The first kappa shape index (κ1) is 20.2. The van der Waals surface area contributed by atoms with Crippen LogP contribution in [0, 0.1) is 6.92 Å². The second-order valence-electron chi connectivity index (χ2n) is 6.59. The number of benzene rings is 1. The van der Waals surface area contributed by atoms with Crippen LogP contribution in [0.25, 0.3) is 0 Å². The molecule has 1 atom stereocenters. The minimum Gasteiger partial charge on any atom is -0.466 e. The molecule has 0 aromatic heterocycles. The third kappa shape index (κ3) is 3.71. The maximum absolute atomic E-state index is 12.8. The number of thioether (sulfide) groups is 1. The topological polar surface area (TPSA) is 71.0 Å². The number of aliphatic imine (C=N–C) groups is 1. The monoisotopic (exact) mass is 399 g/mol. The summed E-state index contributed by atoms with van der Waals surface area (Å²) in [5, 5.41) is 5.58. The number of nitrogens with zero attached hydrogens (tertiary/aromatic N) is 2. The number of hydrogen-bond acceptors (Lipinski definition) is 6. The summed E-state index contributed by atoms with van der Waals surface area (Å²) in [7, 11) is 1.39. The Balaban J connectivity index is 2.12. The number of allylic oxidation sites excluding steroid dienone is 1. The first-order valence-electron chi connectivity index (χ1n) is 9.38. The molecule has 2 heterocycles. The third-order valence-corrected chi connectivity index (χ3v) is 5.72. The van der Waals surface area contributed by atoms with Crippen LogP contribution in [-0.2, 0) is 14.3 Å². The molecule has 0 spiro atoms. The van der Waals surface area contributed by atoms with E-state index in [-0.39, 0.29) is 24.3 Å². The molecule has 0 saturated carbocycles. The summed E-state index contributed by atoms with van der Waals surface area (Å²) in [5.74, 6) is -0.439. The van der Waals surface area contributed by atoms with Gasteiger partial charge in [-0.2, -0.15) is 0 Å². The summed E-state index contributed by atoms with van der Waals surface area (Å²) >= 11 is 1.49. The molecule has 0 radical (unpaired) electrons. The molecule has 2 aliphatic rings. The lowest BCUT2D eigenvalue weighted by Gasteiger charge is -2.37. The molecule has 1 aromatic rings. The van der Waals surface area contributed by atoms with E-state index >= 15 is 0 Å². The van der Waals surface area contributed by atoms with Crippen molar-refractivity contribution in [3.8, 4) is 0 Å². The van der Waals surface area contributed by atoms with Gasteiger partial charge in [0.05, 0.1) is 30.8 Å². The zero-order chi connectivity index (χ0) is 20.3. The summed E-state index contributed by atoms with van der Waals surface area (Å²) in [5.41, 5.74) is 4.17. The highest BCUT2D eigenvalue weighted by atomic mass is 32.2. The van der Waals surface area contributed by atoms with Crippen LogP contribution < -0.4 is 5.32 Å². The lowest BCUT2D eigenvalue weighted by molar-refractivity contribution is -0.136. The Morgan fingerprint density at radius 1 is 1.29 bits per heavy atom. The summed E-state index contributed by atoms with van der Waals surface area (Å²) in [6.07, 6.45) is 0.856. The number of amides is 1. The molecule has 1 N–H and O–H groups in total. The second kappa shape index (κ2) is 8.65. The molecule has 0 saturated heterocycles. The quantitative estimate of drug-likeness (QED) is 0.739. The van der Waals surface area contributed by atoms with Gasteiger partial charge in [0.25, 0.3) is 0 Å². The Kier molecular flexibility index (Phi) is 6.24. The average molecular weight is 400 g/mol. The van der Waals surface area contributed by atoms with Crippen LogP contribution in [0.5, 0.6) is 0 Å². The maximum Gasteiger partial charge on any atom is 0.338 e. The van der Waals surface area contributed by atoms with Crippen LogP contribution in [0.2, 0.25) is 0 Å². The van der Waals surface area contributed by atoms with Gasteiger partial charge in [-0.3, -0.25) is 4.79 Å². The molecule has 1 aromatic carbocycles. The van der Waals surface area contributed by atoms with Crippen LogP contribution >= 0.6 is 11.8 Å². The molecule has 0 bridgehead atoms. The van der Waals surface area contributed by atoms with E-state index in [2.05, 4.69) is 5.32 Å². The number of methoxy groups -OCH3 is 1. The minimum atomic E-state index is -0.387. The van der Waals surface area contributed by atoms with Crippen LogP contribution in [-0.4, -0.2) is 35.6 Å². The smallest absolute Gasteiger partial charge is 0.338 e. The van der Waals surface area contributed by atoms with E-state index in [0.717, 1.165) is 27.7 Å². The first-order valence-corrected chi connectivity index (χ1v) is 10.3. The summed E-state index contributed by atoms with van der Waals surface area (Å²) < 4.78 is 5.12. The molecule has 2 aliphatic heterocycles. The van der Waals surface area contributed by atoms with Crippen LogP contribution in [0.15, 0.2) is 51.6 Å². The van der Waals surface area contributed by atoms with E-state index in [0.29, 0.717) is 18.5 Å². The molecule has 6 nitrogen and oxygen atoms in total. The van der Waals surface area contributed by atoms with E-state index in [9.17, 15) is 9.59 Å². The van der Waals surface area contributed by atoms with Gasteiger partial charge in [-0.15, -0.1) is 0 Å². The number of fused-ring (bicyclic) bond motifs is 1. The van der Waals surface area contributed by atoms with E-state index in [1.807, 2.05) is 55.3 Å². The van der Waals surface area contributed by atoms with Gasteiger partial charge in [0.1, 0.15) is 0 Å². The molecule has 0 aliphatic carbocycles. The van der Waals surface area contributed by atoms with Gasteiger partial charge in [-0.25, -0.2) is 9.79 Å². The zero-order valence-electron chi connectivity index (χ0n) is 16.6. The van der Waals surface area contributed by atoms with Crippen LogP contribution in [0.1, 0.15) is 43.9 Å². The van der Waals surface area contributed by atoms with Gasteiger partial charge in [0.2, 0.25) is 5.91 Å². The molecule has 7 heteroatoms. The lowest BCUT2D eigenvalue weighted by Crippen LogP contribution is -2.38. The Morgan fingerprint density at radius 2 is 2.04 bits per heavy atom. The molecule has 28 heavy (non-hydrogen) atoms. The molecular formula is C21H25N3O3S. The Labute approximate surface area is 169 Å². The highest BCUT2D eigenvalue weighted by Crippen LogP contribution is 2.46. The Hall–Kier alpha value is -2.54. The van der Waals surface area contributed by atoms with E-state index in [4.69, 9.17) is 9.73 Å². The number of carbonyl (C=O) groups excluding carboxylic acids is 2. The predicted octanol–water partition coefficient (Wildman–Crippen LogP) is 3.66. The number of aryl methyl sites for hydroxylation is 1. The summed E-state index contributed by atoms with van der Waals surface area (Å²) in [4.78, 5) is 31.7. The number of esters is 1. The van der Waals surface area contributed by atoms with E-state index < -0.39 is 0 Å². The van der Waals surface area contributed by atoms with Gasteiger partial charge in [-0.05, 0) is 36.8 Å². The van der Waals surface area contributed by atoms with Crippen molar-refractivity contribution in [2.45, 2.75) is 39.7 Å². The first-order chi connectivity index (χ1) is 13.5. The standard InChI is InChI=1S/C21H25N3O3S/c1-5-16-18(20(26)27-4)19(15-10-8-7-9-13(15)3)24-14(11-17(25)22-6-2)12-28-21(24)23-16/h7-10,12,19H,5-6,11H2,1-4H3,(H,22,25). The van der Waals surface area contributed by atoms with Crippen LogP contribution in [0.3, 0.4) is 0 Å². The van der Waals surface area contributed by atoms with E-state index in [1.54, 1.807) is 0 Å². The molecular weight excluding hydrogens is 374 g/mol. The zero-order valence-corrected chi connectivity index (χ0v) is 17.4. The van der Waals surface area contributed by atoms with Gasteiger partial charge in [0.15, 0.2) is 5.17 Å². The van der Waals surface area contributed by atoms with E-state index in [1.165, 1.54) is 18.9 Å². The van der Waals surface area contributed by atoms with Crippen molar-refractivity contribution >= 4 is 28.8 Å². The Morgan fingerprint density at radius 3 is 2.68 bits per heavy atom. The van der Waals surface area contributed by atoms with Gasteiger partial charge >= 0.3 is 5.97 Å². The summed E-state index contributed by atoms with van der Waals surface area (Å²) in [6, 6.07) is 7.61. The average Bonchev–Trinajstić information content (AvgIpc) is 3.09. The maximum atomic E-state index is 12.8. The van der Waals surface area contributed by atoms with Crippen molar-refractivity contribution < 1.29 is 14.3 Å². The number of carbonyl (C=O) groups is 2. The Bertz CT molecular complexity index is 889. The minimum absolute atomic E-state index is 0.0518. The molecule has 1 unspecified atom stereocenters. The van der Waals surface area contributed by atoms with Gasteiger partial charge in [-0.1, -0.05) is 43.0 Å². The summed E-state index contributed by atoms with van der Waals surface area (Å²) in [6.45, 7) is 6.48. The number of ether oxygens (including phenoxy) is 1. The third-order valence-electron chi connectivity index (χ3n) is 4.83. The van der Waals surface area contributed by atoms with Crippen molar-refractivity contribution in [1.82, 2.24) is 10.2 Å². The highest BCUT2D eigenvalue weighted by Gasteiger charge is 2.41. The van der Waals surface area contributed by atoms with Crippen molar-refractivity contribution in [2.24, 2.45) is 4.99 Å². The lowest BCUT2D eigenvalue weighted by atomic mass is 9.90. The SMILES string of the molecule is CCNC(=O)CC1=CSC2=NC(CC)=C(C(=O)OC)C(c3ccccc3C)N12. The fraction of sp³-hybridized carbons (Fsp3) is 0.381. The van der Waals surface area contributed by atoms with Gasteiger partial charge in [0, 0.05) is 12.2 Å². The van der Waals surface area contributed by atoms with Gasteiger partial charge < -0.3 is 15.0 Å². The van der Waals surface area contributed by atoms with Crippen molar-refractivity contribution in [1.29, 1.82) is 0 Å². The second-order valence-corrected chi connectivity index (χ2v) is 7.42. The number of rotatable bonds is 6. The molecule has 3 rings (SSSR count). The largest absolute Gasteiger partial charge is 0.466 e. The normalized spacial score (nSPS) is 18.4. The van der Waals surface area contributed by atoms with Crippen molar-refractivity contribution in [3.05, 3.63) is 57.8 Å². The van der Waals surface area contributed by atoms with Crippen molar-refractivity contribution in [2.75, 3.05) is 13.7 Å². The fourth-order valence-corrected chi connectivity index (χ4v) is 4.46. The number of hydrogen-bond donors (Lipinski definition) is 1. The van der Waals surface area contributed by atoms with Crippen LogP contribution in [0.4, 0.5) is 0 Å². The predicted molar refractivity (Wildman–Crippen MR) is 112 cm³/mol. The van der Waals surface area contributed by atoms with Crippen molar-refractivity contribution in [3.63, 3.8) is 0 Å². The highest BCUT2D eigenvalue weighted by molar-refractivity contribution is 8.16. The number of nitrogens with one attached hydrogen (secondary N) is 1. The molecule has 0 fully saturated rings. The molecule has 1 amide bonds. The number of amidine groups is 1.